The quantitative estimate of drug-likeness (QED) is 0.894. The molecule has 0 saturated carbocycles. The second kappa shape index (κ2) is 5.97. The van der Waals surface area contributed by atoms with Crippen LogP contribution in [0.2, 0.25) is 0 Å². The van der Waals surface area contributed by atoms with Crippen molar-refractivity contribution in [3.8, 4) is 5.75 Å². The predicted molar refractivity (Wildman–Crippen MR) is 83.5 cm³/mol. The SMILES string of the molecule is COc1cc(Br)cc2cc(CNC(=O)OC(C)(C)C)oc12. The van der Waals surface area contributed by atoms with E-state index >= 15 is 0 Å². The Morgan fingerprint density at radius 3 is 2.67 bits per heavy atom. The number of nitrogens with one attached hydrogen (secondary N) is 1. The Bertz CT molecular complexity index is 657. The number of hydrogen-bond donors (Lipinski definition) is 1. The smallest absolute Gasteiger partial charge is 0.408 e. The fourth-order valence-corrected chi connectivity index (χ4v) is 2.31. The number of hydrogen-bond acceptors (Lipinski definition) is 4. The normalized spacial score (nSPS) is 11.5. The van der Waals surface area contributed by atoms with Gasteiger partial charge in [0.05, 0.1) is 13.7 Å². The van der Waals surface area contributed by atoms with E-state index in [0.717, 1.165) is 9.86 Å². The van der Waals surface area contributed by atoms with Crippen LogP contribution in [0.5, 0.6) is 5.75 Å². The Morgan fingerprint density at radius 2 is 2.05 bits per heavy atom. The van der Waals surface area contributed by atoms with Crippen LogP contribution in [-0.4, -0.2) is 18.8 Å². The number of benzene rings is 1. The van der Waals surface area contributed by atoms with Crippen molar-refractivity contribution >= 4 is 33.0 Å². The highest BCUT2D eigenvalue weighted by Gasteiger charge is 2.17. The first-order valence-electron chi connectivity index (χ1n) is 6.51. The molecule has 0 fully saturated rings. The van der Waals surface area contributed by atoms with E-state index in [0.29, 0.717) is 17.1 Å². The van der Waals surface area contributed by atoms with Gasteiger partial charge in [0.1, 0.15) is 11.4 Å². The van der Waals surface area contributed by atoms with E-state index in [4.69, 9.17) is 13.9 Å². The minimum absolute atomic E-state index is 0.254. The van der Waals surface area contributed by atoms with Gasteiger partial charge in [-0.25, -0.2) is 4.79 Å². The number of carbonyl (C=O) groups excluding carboxylic acids is 1. The van der Waals surface area contributed by atoms with Crippen molar-refractivity contribution in [1.29, 1.82) is 0 Å². The van der Waals surface area contributed by atoms with E-state index in [1.165, 1.54) is 0 Å². The number of ether oxygens (including phenoxy) is 2. The van der Waals surface area contributed by atoms with Gasteiger partial charge in [-0.3, -0.25) is 0 Å². The van der Waals surface area contributed by atoms with E-state index in [-0.39, 0.29) is 6.54 Å². The monoisotopic (exact) mass is 355 g/mol. The Kier molecular flexibility index (Phi) is 4.46. The third-order valence-corrected chi connectivity index (χ3v) is 3.08. The molecule has 0 atom stereocenters. The number of carbonyl (C=O) groups is 1. The molecule has 21 heavy (non-hydrogen) atoms. The van der Waals surface area contributed by atoms with Gasteiger partial charge in [0.15, 0.2) is 11.3 Å². The van der Waals surface area contributed by atoms with E-state index in [1.807, 2.05) is 39.0 Å². The molecule has 2 aromatic rings. The van der Waals surface area contributed by atoms with Gasteiger partial charge in [-0.05, 0) is 39.0 Å². The Morgan fingerprint density at radius 1 is 1.33 bits per heavy atom. The first-order chi connectivity index (χ1) is 9.78. The molecule has 0 bridgehead atoms. The Hall–Kier alpha value is -1.69. The van der Waals surface area contributed by atoms with Crippen LogP contribution < -0.4 is 10.1 Å². The number of fused-ring (bicyclic) bond motifs is 1. The lowest BCUT2D eigenvalue weighted by Crippen LogP contribution is -2.32. The standard InChI is InChI=1S/C15H18BrNO4/c1-15(2,3)21-14(18)17-8-11-6-9-5-10(16)7-12(19-4)13(9)20-11/h5-7H,8H2,1-4H3,(H,17,18). The first kappa shape index (κ1) is 15.7. The maximum atomic E-state index is 11.6. The maximum absolute atomic E-state index is 11.6. The summed E-state index contributed by atoms with van der Waals surface area (Å²) in [4.78, 5) is 11.6. The van der Waals surface area contributed by atoms with Gasteiger partial charge < -0.3 is 19.2 Å². The van der Waals surface area contributed by atoms with E-state index in [2.05, 4.69) is 21.2 Å². The fraction of sp³-hybridized carbons (Fsp3) is 0.400. The topological polar surface area (TPSA) is 60.7 Å². The summed E-state index contributed by atoms with van der Waals surface area (Å²) in [6.07, 6.45) is -0.476. The molecule has 1 aromatic heterocycles. The van der Waals surface area contributed by atoms with Gasteiger partial charge >= 0.3 is 6.09 Å². The zero-order valence-electron chi connectivity index (χ0n) is 12.5. The molecule has 1 N–H and O–H groups in total. The number of methoxy groups -OCH3 is 1. The second-order valence-corrected chi connectivity index (χ2v) is 6.51. The molecule has 0 radical (unpaired) electrons. The number of halogens is 1. The highest BCUT2D eigenvalue weighted by atomic mass is 79.9. The largest absolute Gasteiger partial charge is 0.493 e. The molecule has 0 saturated heterocycles. The molecular formula is C15H18BrNO4. The summed E-state index contributed by atoms with van der Waals surface area (Å²) in [5, 5.41) is 3.57. The molecule has 5 nitrogen and oxygen atoms in total. The molecule has 1 heterocycles. The summed E-state index contributed by atoms with van der Waals surface area (Å²) in [6.45, 7) is 5.70. The molecule has 0 aliphatic heterocycles. The number of amides is 1. The highest BCUT2D eigenvalue weighted by Crippen LogP contribution is 2.32. The summed E-state index contributed by atoms with van der Waals surface area (Å²) in [7, 11) is 1.59. The minimum Gasteiger partial charge on any atom is -0.493 e. The van der Waals surface area contributed by atoms with Gasteiger partial charge in [0.25, 0.3) is 0 Å². The van der Waals surface area contributed by atoms with E-state index in [9.17, 15) is 4.79 Å². The summed E-state index contributed by atoms with van der Waals surface area (Å²) >= 11 is 3.42. The lowest BCUT2D eigenvalue weighted by Gasteiger charge is -2.19. The Balaban J connectivity index is 2.11. The van der Waals surface area contributed by atoms with Gasteiger partial charge in [0, 0.05) is 9.86 Å². The van der Waals surface area contributed by atoms with Gasteiger partial charge in [-0.2, -0.15) is 0 Å². The average molecular weight is 356 g/mol. The zero-order chi connectivity index (χ0) is 15.6. The molecule has 1 aromatic carbocycles. The van der Waals surface area contributed by atoms with Crippen LogP contribution in [0, 0.1) is 0 Å². The molecule has 0 spiro atoms. The third kappa shape index (κ3) is 4.14. The third-order valence-electron chi connectivity index (χ3n) is 2.62. The molecule has 0 aliphatic carbocycles. The number of furan rings is 1. The van der Waals surface area contributed by atoms with Crippen molar-refractivity contribution in [1.82, 2.24) is 5.32 Å². The van der Waals surface area contributed by atoms with Gasteiger partial charge in [-0.1, -0.05) is 15.9 Å². The molecule has 2 rings (SSSR count). The average Bonchev–Trinajstić information content (AvgIpc) is 2.76. The van der Waals surface area contributed by atoms with Crippen LogP contribution in [-0.2, 0) is 11.3 Å². The summed E-state index contributed by atoms with van der Waals surface area (Å²) < 4.78 is 17.1. The molecule has 0 unspecified atom stereocenters. The molecule has 1 amide bonds. The van der Waals surface area contributed by atoms with Crippen LogP contribution in [0.3, 0.4) is 0 Å². The van der Waals surface area contributed by atoms with Crippen LogP contribution in [0.1, 0.15) is 26.5 Å². The van der Waals surface area contributed by atoms with E-state index in [1.54, 1.807) is 7.11 Å². The van der Waals surface area contributed by atoms with Crippen LogP contribution in [0.4, 0.5) is 4.79 Å². The van der Waals surface area contributed by atoms with Crippen LogP contribution in [0.15, 0.2) is 27.1 Å². The van der Waals surface area contributed by atoms with Crippen molar-refractivity contribution in [2.45, 2.75) is 32.9 Å². The lowest BCUT2D eigenvalue weighted by atomic mass is 10.2. The molecule has 6 heteroatoms. The van der Waals surface area contributed by atoms with Crippen molar-refractivity contribution in [3.05, 3.63) is 28.4 Å². The van der Waals surface area contributed by atoms with Crippen molar-refractivity contribution in [3.63, 3.8) is 0 Å². The highest BCUT2D eigenvalue weighted by molar-refractivity contribution is 9.10. The molecular weight excluding hydrogens is 338 g/mol. The maximum Gasteiger partial charge on any atom is 0.408 e. The predicted octanol–water partition coefficient (Wildman–Crippen LogP) is 4.23. The summed E-state index contributed by atoms with van der Waals surface area (Å²) in [5.41, 5.74) is 0.133. The molecule has 114 valence electrons. The lowest BCUT2D eigenvalue weighted by molar-refractivity contribution is 0.0520. The molecule has 0 aliphatic rings. The van der Waals surface area contributed by atoms with E-state index < -0.39 is 11.7 Å². The van der Waals surface area contributed by atoms with Crippen LogP contribution in [0.25, 0.3) is 11.0 Å². The summed E-state index contributed by atoms with van der Waals surface area (Å²) in [6, 6.07) is 5.62. The summed E-state index contributed by atoms with van der Waals surface area (Å²) in [5.74, 6) is 1.27. The fourth-order valence-electron chi connectivity index (χ4n) is 1.85. The number of alkyl carbamates (subject to hydrolysis) is 1. The minimum atomic E-state index is -0.522. The zero-order valence-corrected chi connectivity index (χ0v) is 14.0. The second-order valence-electron chi connectivity index (χ2n) is 5.59. The number of rotatable bonds is 3. The Labute approximate surface area is 131 Å². The van der Waals surface area contributed by atoms with Gasteiger partial charge in [0.2, 0.25) is 0 Å². The van der Waals surface area contributed by atoms with Crippen molar-refractivity contribution in [2.24, 2.45) is 0 Å². The van der Waals surface area contributed by atoms with Crippen molar-refractivity contribution in [2.75, 3.05) is 7.11 Å². The van der Waals surface area contributed by atoms with Crippen LogP contribution >= 0.6 is 15.9 Å². The van der Waals surface area contributed by atoms with Crippen molar-refractivity contribution < 1.29 is 18.7 Å². The first-order valence-corrected chi connectivity index (χ1v) is 7.30. The van der Waals surface area contributed by atoms with Gasteiger partial charge in [-0.15, -0.1) is 0 Å².